The zero-order valence-electron chi connectivity index (χ0n) is 30.1. The molecule has 2 heterocycles. The number of thiophene rings is 1. The molecule has 13 rings (SSSR count). The number of hydrogen-bond donors (Lipinski definition) is 0. The van der Waals surface area contributed by atoms with Crippen molar-refractivity contribution in [1.82, 2.24) is 0 Å². The molecule has 0 aliphatic heterocycles. The quantitative estimate of drug-likeness (QED) is 0.128. The summed E-state index contributed by atoms with van der Waals surface area (Å²) in [6.45, 7) is 0. The van der Waals surface area contributed by atoms with E-state index in [1.807, 2.05) is 11.3 Å². The van der Waals surface area contributed by atoms with E-state index in [0.29, 0.717) is 0 Å². The molecule has 0 aliphatic rings. The largest absolute Gasteiger partial charge is 0.456 e. The molecule has 0 N–H and O–H groups in total. The Bertz CT molecular complexity index is 3750. The van der Waals surface area contributed by atoms with Crippen molar-refractivity contribution >= 4 is 118 Å². The molecule has 0 fully saturated rings. The molecule has 56 heavy (non-hydrogen) atoms. The Hall–Kier alpha value is -7.00. The summed E-state index contributed by atoms with van der Waals surface area (Å²) in [5.41, 5.74) is 6.64. The van der Waals surface area contributed by atoms with Crippen LogP contribution in [0.25, 0.3) is 129 Å². The standard InChI is InChI=1S/C54H30OS/c1-4-12-37-31(9-1)20-25-49-53(37)54-50(56-49)26-22-43-41-21-17-32(28-44(41)40-15-7-8-16-42(40)52(43)54)33-18-23-47-45(29-33)46-30-36(19-24-48(46)55-47)51-38-13-5-2-10-34(38)27-35-11-3-6-14-39(35)51/h1-30H. The summed E-state index contributed by atoms with van der Waals surface area (Å²) in [5, 5.41) is 20.4. The van der Waals surface area contributed by atoms with Crippen LogP contribution >= 0.6 is 11.3 Å². The molecule has 0 spiro atoms. The van der Waals surface area contributed by atoms with Gasteiger partial charge in [0, 0.05) is 30.9 Å². The minimum Gasteiger partial charge on any atom is -0.456 e. The van der Waals surface area contributed by atoms with Crippen molar-refractivity contribution < 1.29 is 4.42 Å². The first-order valence-corrected chi connectivity index (χ1v) is 20.1. The van der Waals surface area contributed by atoms with Crippen LogP contribution in [0.15, 0.2) is 186 Å². The van der Waals surface area contributed by atoms with Crippen molar-refractivity contribution in [2.75, 3.05) is 0 Å². The van der Waals surface area contributed by atoms with E-state index in [1.165, 1.54) is 107 Å². The Morgan fingerprint density at radius 3 is 1.54 bits per heavy atom. The SMILES string of the molecule is c1ccc2c(-c3ccc4oc5ccc(-c6ccc7c(c6)c6ccccc6c6c7ccc7sc8ccc9ccccc9c8c76)cc5c4c3)c3ccccc3cc2c1. The van der Waals surface area contributed by atoms with Gasteiger partial charge in [-0.2, -0.15) is 0 Å². The summed E-state index contributed by atoms with van der Waals surface area (Å²) in [7, 11) is 0. The van der Waals surface area contributed by atoms with E-state index >= 15 is 0 Å². The molecular weight excluding hydrogens is 697 g/mol. The van der Waals surface area contributed by atoms with Crippen LogP contribution in [0.1, 0.15) is 0 Å². The molecule has 0 bridgehead atoms. The second-order valence-corrected chi connectivity index (χ2v) is 16.2. The highest BCUT2D eigenvalue weighted by Gasteiger charge is 2.18. The van der Waals surface area contributed by atoms with E-state index in [2.05, 4.69) is 182 Å². The van der Waals surface area contributed by atoms with E-state index in [-0.39, 0.29) is 0 Å². The fraction of sp³-hybridized carbons (Fsp3) is 0. The summed E-state index contributed by atoms with van der Waals surface area (Å²) in [5.74, 6) is 0. The Morgan fingerprint density at radius 1 is 0.286 bits per heavy atom. The van der Waals surface area contributed by atoms with Crippen LogP contribution in [0.5, 0.6) is 0 Å². The second-order valence-electron chi connectivity index (χ2n) is 15.1. The topological polar surface area (TPSA) is 13.1 Å². The molecular formula is C54H30OS. The molecule has 0 amide bonds. The minimum atomic E-state index is 0.903. The Labute approximate surface area is 325 Å². The summed E-state index contributed by atoms with van der Waals surface area (Å²) in [6.07, 6.45) is 0. The third kappa shape index (κ3) is 4.19. The molecule has 1 nitrogen and oxygen atoms in total. The molecule has 0 unspecified atom stereocenters. The Kier molecular flexibility index (Phi) is 6.11. The third-order valence-corrected chi connectivity index (χ3v) is 13.3. The van der Waals surface area contributed by atoms with Gasteiger partial charge < -0.3 is 4.42 Å². The number of rotatable bonds is 2. The summed E-state index contributed by atoms with van der Waals surface area (Å²) < 4.78 is 9.15. The molecule has 0 aliphatic carbocycles. The number of benzene rings is 11. The normalized spacial score (nSPS) is 12.3. The molecule has 0 saturated carbocycles. The fourth-order valence-electron chi connectivity index (χ4n) is 9.69. The van der Waals surface area contributed by atoms with Crippen LogP contribution in [0.4, 0.5) is 0 Å². The predicted molar refractivity (Wildman–Crippen MR) is 243 cm³/mol. The third-order valence-electron chi connectivity index (χ3n) is 12.2. The van der Waals surface area contributed by atoms with Gasteiger partial charge in [0.15, 0.2) is 0 Å². The van der Waals surface area contributed by atoms with Gasteiger partial charge in [-0.1, -0.05) is 133 Å². The lowest BCUT2D eigenvalue weighted by Crippen LogP contribution is -1.86. The van der Waals surface area contributed by atoms with Gasteiger partial charge in [0.1, 0.15) is 11.2 Å². The van der Waals surface area contributed by atoms with Crippen LogP contribution in [-0.2, 0) is 0 Å². The molecule has 13 aromatic rings. The van der Waals surface area contributed by atoms with Crippen molar-refractivity contribution in [3.8, 4) is 22.3 Å². The van der Waals surface area contributed by atoms with E-state index < -0.39 is 0 Å². The monoisotopic (exact) mass is 726 g/mol. The smallest absolute Gasteiger partial charge is 0.135 e. The molecule has 258 valence electrons. The highest BCUT2D eigenvalue weighted by Crippen LogP contribution is 2.47. The molecule has 0 radical (unpaired) electrons. The van der Waals surface area contributed by atoms with Crippen LogP contribution in [0.3, 0.4) is 0 Å². The van der Waals surface area contributed by atoms with Gasteiger partial charge in [0.2, 0.25) is 0 Å². The minimum absolute atomic E-state index is 0.903. The highest BCUT2D eigenvalue weighted by atomic mass is 32.1. The Morgan fingerprint density at radius 2 is 0.786 bits per heavy atom. The van der Waals surface area contributed by atoms with E-state index in [9.17, 15) is 0 Å². The summed E-state index contributed by atoms with van der Waals surface area (Å²) in [4.78, 5) is 0. The maximum absolute atomic E-state index is 6.47. The second kappa shape index (κ2) is 11.3. The van der Waals surface area contributed by atoms with Gasteiger partial charge in [-0.05, 0) is 135 Å². The first-order chi connectivity index (χ1) is 27.7. The zero-order valence-corrected chi connectivity index (χ0v) is 31.0. The highest BCUT2D eigenvalue weighted by molar-refractivity contribution is 7.26. The van der Waals surface area contributed by atoms with E-state index in [0.717, 1.165) is 21.9 Å². The maximum Gasteiger partial charge on any atom is 0.135 e. The van der Waals surface area contributed by atoms with Crippen LogP contribution in [-0.4, -0.2) is 0 Å². The molecule has 2 heteroatoms. The van der Waals surface area contributed by atoms with Crippen molar-refractivity contribution in [1.29, 1.82) is 0 Å². The first-order valence-electron chi connectivity index (χ1n) is 19.2. The summed E-state index contributed by atoms with van der Waals surface area (Å²) >= 11 is 1.90. The van der Waals surface area contributed by atoms with Crippen molar-refractivity contribution in [2.45, 2.75) is 0 Å². The molecule has 0 saturated heterocycles. The van der Waals surface area contributed by atoms with Gasteiger partial charge in [-0.25, -0.2) is 0 Å². The average molecular weight is 727 g/mol. The number of furan rings is 1. The Balaban J connectivity index is 1.03. The first kappa shape index (κ1) is 30.3. The van der Waals surface area contributed by atoms with Gasteiger partial charge in [-0.15, -0.1) is 11.3 Å². The van der Waals surface area contributed by atoms with Gasteiger partial charge in [0.25, 0.3) is 0 Å². The van der Waals surface area contributed by atoms with E-state index in [4.69, 9.17) is 4.42 Å². The molecule has 11 aromatic carbocycles. The van der Waals surface area contributed by atoms with Gasteiger partial charge in [-0.3, -0.25) is 0 Å². The zero-order chi connectivity index (χ0) is 36.5. The fourth-order valence-corrected chi connectivity index (χ4v) is 10.8. The van der Waals surface area contributed by atoms with Crippen LogP contribution < -0.4 is 0 Å². The van der Waals surface area contributed by atoms with E-state index in [1.54, 1.807) is 0 Å². The number of fused-ring (bicyclic) bond motifs is 17. The maximum atomic E-state index is 6.47. The van der Waals surface area contributed by atoms with Crippen LogP contribution in [0.2, 0.25) is 0 Å². The van der Waals surface area contributed by atoms with Gasteiger partial charge in [0.05, 0.1) is 0 Å². The van der Waals surface area contributed by atoms with Crippen molar-refractivity contribution in [2.24, 2.45) is 0 Å². The summed E-state index contributed by atoms with van der Waals surface area (Å²) in [6, 6.07) is 67.2. The van der Waals surface area contributed by atoms with Crippen molar-refractivity contribution in [3.63, 3.8) is 0 Å². The van der Waals surface area contributed by atoms with Crippen molar-refractivity contribution in [3.05, 3.63) is 182 Å². The lowest BCUT2D eigenvalue weighted by Gasteiger charge is -2.14. The lowest BCUT2D eigenvalue weighted by atomic mass is 9.89. The molecule has 0 atom stereocenters. The molecule has 2 aromatic heterocycles. The van der Waals surface area contributed by atoms with Gasteiger partial charge >= 0.3 is 0 Å². The van der Waals surface area contributed by atoms with Crippen LogP contribution in [0, 0.1) is 0 Å². The number of hydrogen-bond acceptors (Lipinski definition) is 2. The lowest BCUT2D eigenvalue weighted by molar-refractivity contribution is 0.669. The average Bonchev–Trinajstić information content (AvgIpc) is 3.83. The predicted octanol–water partition coefficient (Wildman–Crippen LogP) is 16.2.